The van der Waals surface area contributed by atoms with Gasteiger partial charge in [0.25, 0.3) is 0 Å². The SMILES string of the molecule is OCc1ccc(Oc2ccc(Cl)c3cccnc23)cc1. The highest BCUT2D eigenvalue weighted by Gasteiger charge is 2.07. The molecule has 3 aromatic rings. The van der Waals surface area contributed by atoms with E-state index in [1.165, 1.54) is 0 Å². The zero-order valence-corrected chi connectivity index (χ0v) is 11.3. The second kappa shape index (κ2) is 5.49. The molecule has 0 saturated heterocycles. The fourth-order valence-corrected chi connectivity index (χ4v) is 2.20. The van der Waals surface area contributed by atoms with Gasteiger partial charge in [-0.15, -0.1) is 0 Å². The maximum absolute atomic E-state index is 9.02. The number of benzene rings is 2. The average molecular weight is 286 g/mol. The van der Waals surface area contributed by atoms with Gasteiger partial charge in [0.1, 0.15) is 11.3 Å². The summed E-state index contributed by atoms with van der Waals surface area (Å²) in [5, 5.41) is 10.5. The smallest absolute Gasteiger partial charge is 0.153 e. The van der Waals surface area contributed by atoms with Crippen LogP contribution in [-0.2, 0) is 6.61 Å². The van der Waals surface area contributed by atoms with Gasteiger partial charge < -0.3 is 9.84 Å². The van der Waals surface area contributed by atoms with Crippen molar-refractivity contribution in [2.75, 3.05) is 0 Å². The Labute approximate surface area is 121 Å². The molecule has 1 N–H and O–H groups in total. The van der Waals surface area contributed by atoms with Crippen LogP contribution in [-0.4, -0.2) is 10.1 Å². The number of fused-ring (bicyclic) bond motifs is 1. The van der Waals surface area contributed by atoms with Crippen LogP contribution in [0.1, 0.15) is 5.56 Å². The van der Waals surface area contributed by atoms with Crippen LogP contribution >= 0.6 is 11.6 Å². The number of halogens is 1. The van der Waals surface area contributed by atoms with Gasteiger partial charge in [0, 0.05) is 11.6 Å². The van der Waals surface area contributed by atoms with Crippen LogP contribution in [0.5, 0.6) is 11.5 Å². The molecular formula is C16H12ClNO2. The molecule has 0 unspecified atom stereocenters. The number of ether oxygens (including phenoxy) is 1. The molecule has 0 fully saturated rings. The first kappa shape index (κ1) is 12.9. The van der Waals surface area contributed by atoms with Crippen LogP contribution in [0, 0.1) is 0 Å². The first-order chi connectivity index (χ1) is 9.78. The van der Waals surface area contributed by atoms with Gasteiger partial charge in [-0.2, -0.15) is 0 Å². The third kappa shape index (κ3) is 2.46. The van der Waals surface area contributed by atoms with E-state index in [9.17, 15) is 0 Å². The molecule has 4 heteroatoms. The Kier molecular flexibility index (Phi) is 3.54. The Balaban J connectivity index is 2.00. The molecule has 0 amide bonds. The Morgan fingerprint density at radius 3 is 2.60 bits per heavy atom. The molecule has 3 rings (SSSR count). The van der Waals surface area contributed by atoms with E-state index >= 15 is 0 Å². The lowest BCUT2D eigenvalue weighted by Gasteiger charge is -2.09. The molecule has 100 valence electrons. The summed E-state index contributed by atoms with van der Waals surface area (Å²) < 4.78 is 5.84. The number of pyridine rings is 1. The molecule has 0 aliphatic carbocycles. The highest BCUT2D eigenvalue weighted by atomic mass is 35.5. The molecule has 1 heterocycles. The normalized spacial score (nSPS) is 10.7. The van der Waals surface area contributed by atoms with Gasteiger partial charge in [-0.05, 0) is 42.0 Å². The van der Waals surface area contributed by atoms with Gasteiger partial charge in [-0.1, -0.05) is 23.7 Å². The molecule has 2 aromatic carbocycles. The topological polar surface area (TPSA) is 42.4 Å². The van der Waals surface area contributed by atoms with E-state index in [0.717, 1.165) is 16.5 Å². The van der Waals surface area contributed by atoms with Gasteiger partial charge in [0.15, 0.2) is 5.75 Å². The lowest BCUT2D eigenvalue weighted by atomic mass is 10.2. The van der Waals surface area contributed by atoms with E-state index < -0.39 is 0 Å². The monoisotopic (exact) mass is 285 g/mol. The molecular weight excluding hydrogens is 274 g/mol. The third-order valence-electron chi connectivity index (χ3n) is 3.01. The lowest BCUT2D eigenvalue weighted by Crippen LogP contribution is -1.89. The third-order valence-corrected chi connectivity index (χ3v) is 3.34. The minimum Gasteiger partial charge on any atom is -0.455 e. The van der Waals surface area contributed by atoms with Crippen molar-refractivity contribution in [2.24, 2.45) is 0 Å². The van der Waals surface area contributed by atoms with Crippen molar-refractivity contribution >= 4 is 22.5 Å². The number of aliphatic hydroxyl groups excluding tert-OH is 1. The standard InChI is InChI=1S/C16H12ClNO2/c17-14-7-8-15(16-13(14)2-1-9-18-16)20-12-5-3-11(10-19)4-6-12/h1-9,19H,10H2. The van der Waals surface area contributed by atoms with E-state index in [4.69, 9.17) is 21.4 Å². The van der Waals surface area contributed by atoms with Crippen molar-refractivity contribution in [3.8, 4) is 11.5 Å². The highest BCUT2D eigenvalue weighted by molar-refractivity contribution is 6.35. The van der Waals surface area contributed by atoms with Crippen molar-refractivity contribution < 1.29 is 9.84 Å². The van der Waals surface area contributed by atoms with Gasteiger partial charge in [-0.3, -0.25) is 4.98 Å². The molecule has 0 atom stereocenters. The molecule has 3 nitrogen and oxygen atoms in total. The minimum absolute atomic E-state index is 0.0196. The largest absolute Gasteiger partial charge is 0.455 e. The van der Waals surface area contributed by atoms with Crippen molar-refractivity contribution in [2.45, 2.75) is 6.61 Å². The summed E-state index contributed by atoms with van der Waals surface area (Å²) in [6, 6.07) is 14.6. The Morgan fingerprint density at radius 1 is 1.05 bits per heavy atom. The van der Waals surface area contributed by atoms with Gasteiger partial charge in [0.05, 0.1) is 11.6 Å². The Hall–Kier alpha value is -2.10. The van der Waals surface area contributed by atoms with Crippen molar-refractivity contribution in [3.05, 3.63) is 65.3 Å². The second-order valence-corrected chi connectivity index (χ2v) is 4.76. The first-order valence-electron chi connectivity index (χ1n) is 6.19. The number of nitrogens with zero attached hydrogens (tertiary/aromatic N) is 1. The van der Waals surface area contributed by atoms with E-state index in [-0.39, 0.29) is 6.61 Å². The maximum Gasteiger partial charge on any atom is 0.153 e. The predicted molar refractivity (Wildman–Crippen MR) is 79.2 cm³/mol. The first-order valence-corrected chi connectivity index (χ1v) is 6.56. The van der Waals surface area contributed by atoms with Crippen molar-refractivity contribution in [3.63, 3.8) is 0 Å². The molecule has 0 radical (unpaired) electrons. The molecule has 20 heavy (non-hydrogen) atoms. The molecule has 0 bridgehead atoms. The Bertz CT molecular complexity index is 741. The van der Waals surface area contributed by atoms with Crippen molar-refractivity contribution in [1.29, 1.82) is 0 Å². The molecule has 0 aliphatic heterocycles. The van der Waals surface area contributed by atoms with Crippen LogP contribution in [0.3, 0.4) is 0 Å². The quantitative estimate of drug-likeness (QED) is 0.785. The van der Waals surface area contributed by atoms with Crippen LogP contribution in [0.4, 0.5) is 0 Å². The summed E-state index contributed by atoms with van der Waals surface area (Å²) in [6.07, 6.45) is 1.71. The van der Waals surface area contributed by atoms with E-state index in [1.54, 1.807) is 18.3 Å². The summed E-state index contributed by atoms with van der Waals surface area (Å²) in [4.78, 5) is 4.32. The summed E-state index contributed by atoms with van der Waals surface area (Å²) in [5.74, 6) is 1.35. The fourth-order valence-electron chi connectivity index (χ4n) is 1.98. The van der Waals surface area contributed by atoms with E-state index in [2.05, 4.69) is 4.98 Å². The van der Waals surface area contributed by atoms with Crippen LogP contribution < -0.4 is 4.74 Å². The van der Waals surface area contributed by atoms with E-state index in [0.29, 0.717) is 16.5 Å². The number of aliphatic hydroxyl groups is 1. The summed E-state index contributed by atoms with van der Waals surface area (Å²) in [5.41, 5.74) is 1.57. The van der Waals surface area contributed by atoms with Gasteiger partial charge >= 0.3 is 0 Å². The summed E-state index contributed by atoms with van der Waals surface area (Å²) in [7, 11) is 0. The van der Waals surface area contributed by atoms with Crippen LogP contribution in [0.25, 0.3) is 10.9 Å². The number of aromatic nitrogens is 1. The van der Waals surface area contributed by atoms with Gasteiger partial charge in [0.2, 0.25) is 0 Å². The second-order valence-electron chi connectivity index (χ2n) is 4.35. The van der Waals surface area contributed by atoms with Crippen molar-refractivity contribution in [1.82, 2.24) is 4.98 Å². The Morgan fingerprint density at radius 2 is 1.85 bits per heavy atom. The number of hydrogen-bond donors (Lipinski definition) is 1. The lowest BCUT2D eigenvalue weighted by molar-refractivity contribution is 0.281. The molecule has 0 aliphatic rings. The minimum atomic E-state index is 0.0196. The summed E-state index contributed by atoms with van der Waals surface area (Å²) in [6.45, 7) is 0.0196. The zero-order valence-electron chi connectivity index (χ0n) is 10.6. The zero-order chi connectivity index (χ0) is 13.9. The maximum atomic E-state index is 9.02. The molecule has 0 saturated carbocycles. The average Bonchev–Trinajstić information content (AvgIpc) is 2.51. The number of hydrogen-bond acceptors (Lipinski definition) is 3. The summed E-state index contributed by atoms with van der Waals surface area (Å²) >= 11 is 6.15. The van der Waals surface area contributed by atoms with Crippen LogP contribution in [0.2, 0.25) is 5.02 Å². The van der Waals surface area contributed by atoms with Gasteiger partial charge in [-0.25, -0.2) is 0 Å². The van der Waals surface area contributed by atoms with Crippen LogP contribution in [0.15, 0.2) is 54.7 Å². The highest BCUT2D eigenvalue weighted by Crippen LogP contribution is 2.32. The molecule has 1 aromatic heterocycles. The molecule has 0 spiro atoms. The fraction of sp³-hybridized carbons (Fsp3) is 0.0625. The predicted octanol–water partition coefficient (Wildman–Crippen LogP) is 4.17. The number of rotatable bonds is 3. The van der Waals surface area contributed by atoms with E-state index in [1.807, 2.05) is 36.4 Å².